The minimum Gasteiger partial charge on any atom is -0.508 e. The van der Waals surface area contributed by atoms with Gasteiger partial charge in [0.05, 0.1) is 32.4 Å². The van der Waals surface area contributed by atoms with Crippen LogP contribution >= 0.6 is 0 Å². The van der Waals surface area contributed by atoms with E-state index in [2.05, 4.69) is 34.7 Å². The molecule has 0 bridgehead atoms. The van der Waals surface area contributed by atoms with E-state index < -0.39 is 0 Å². The molecule has 4 heterocycles. The van der Waals surface area contributed by atoms with Crippen LogP contribution in [0.25, 0.3) is 11.3 Å². The van der Waals surface area contributed by atoms with Crippen molar-refractivity contribution in [2.24, 2.45) is 0 Å². The molecule has 1 saturated heterocycles. The zero-order valence-electron chi connectivity index (χ0n) is 31.6. The summed E-state index contributed by atoms with van der Waals surface area (Å²) in [5.74, 6) is 0.795. The third-order valence-electron chi connectivity index (χ3n) is 10.9. The van der Waals surface area contributed by atoms with E-state index >= 15 is 0 Å². The number of nitrogens with zero attached hydrogens (tertiary/aromatic N) is 4. The van der Waals surface area contributed by atoms with Crippen molar-refractivity contribution >= 4 is 17.5 Å². The molecule has 8 rings (SSSR count). The number of rotatable bonds is 7. The van der Waals surface area contributed by atoms with E-state index in [1.807, 2.05) is 66.4 Å². The van der Waals surface area contributed by atoms with Crippen molar-refractivity contribution in [1.29, 1.82) is 0 Å². The fourth-order valence-electron chi connectivity index (χ4n) is 7.75. The Kier molecular flexibility index (Phi) is 11.5. The molecule has 3 aliphatic rings. The van der Waals surface area contributed by atoms with Gasteiger partial charge in [-0.1, -0.05) is 54.6 Å². The number of fused-ring (bicyclic) bond motifs is 2. The molecule has 0 atom stereocenters. The van der Waals surface area contributed by atoms with Gasteiger partial charge < -0.3 is 33.8 Å². The Morgan fingerprint density at radius 1 is 0.815 bits per heavy atom. The predicted octanol–water partition coefficient (Wildman–Crippen LogP) is 7.51. The van der Waals surface area contributed by atoms with Crippen LogP contribution in [0.3, 0.4) is 0 Å². The van der Waals surface area contributed by atoms with Gasteiger partial charge in [0, 0.05) is 60.9 Å². The van der Waals surface area contributed by atoms with E-state index in [1.165, 1.54) is 11.1 Å². The van der Waals surface area contributed by atoms with Gasteiger partial charge in [-0.25, -0.2) is 0 Å². The molecule has 0 unspecified atom stereocenters. The number of aromatic nitrogens is 1. The number of aromatic hydroxyl groups is 1. The van der Waals surface area contributed by atoms with Gasteiger partial charge in [-0.15, -0.1) is 0 Å². The molecule has 9 nitrogen and oxygen atoms in total. The Balaban J connectivity index is 0.000000579. The highest BCUT2D eigenvalue weighted by Gasteiger charge is 2.30. The maximum absolute atomic E-state index is 14.7. The third-order valence-corrected chi connectivity index (χ3v) is 10.9. The second-order valence-electron chi connectivity index (χ2n) is 14.4. The topological polar surface area (TPSA) is 87.5 Å². The zero-order valence-corrected chi connectivity index (χ0v) is 31.6. The molecule has 54 heavy (non-hydrogen) atoms. The maximum atomic E-state index is 14.7. The lowest BCUT2D eigenvalue weighted by Crippen LogP contribution is -2.36. The summed E-state index contributed by atoms with van der Waals surface area (Å²) >= 11 is 0. The summed E-state index contributed by atoms with van der Waals surface area (Å²) < 4.78 is 12.9. The Labute approximate surface area is 318 Å². The number of phenolic OH excluding ortho intramolecular Hbond substituents is 1. The average molecular weight is 727 g/mol. The number of likely N-dealkylation sites (N-methyl/N-ethyl adjacent to an activating group) is 1. The van der Waals surface area contributed by atoms with E-state index in [-0.39, 0.29) is 17.6 Å². The first-order chi connectivity index (χ1) is 26.3. The van der Waals surface area contributed by atoms with Crippen molar-refractivity contribution in [3.63, 3.8) is 0 Å². The Morgan fingerprint density at radius 3 is 2.30 bits per heavy atom. The molecule has 3 aliphatic heterocycles. The average Bonchev–Trinajstić information content (AvgIpc) is 3.60. The van der Waals surface area contributed by atoms with Gasteiger partial charge in [0.15, 0.2) is 0 Å². The normalized spacial score (nSPS) is 15.4. The molecule has 1 aromatic heterocycles. The summed E-state index contributed by atoms with van der Waals surface area (Å²) in [6.45, 7) is 8.40. The largest absolute Gasteiger partial charge is 0.508 e. The van der Waals surface area contributed by atoms with Crippen LogP contribution in [0.4, 0.5) is 5.69 Å². The van der Waals surface area contributed by atoms with Gasteiger partial charge in [0.25, 0.3) is 11.8 Å². The molecule has 4 aromatic carbocycles. The van der Waals surface area contributed by atoms with Crippen molar-refractivity contribution in [3.05, 3.63) is 136 Å². The van der Waals surface area contributed by atoms with Gasteiger partial charge in [0.1, 0.15) is 11.5 Å². The number of morpholine rings is 1. The van der Waals surface area contributed by atoms with Crippen molar-refractivity contribution in [2.75, 3.05) is 51.9 Å². The molecule has 2 amide bonds. The molecular weight excluding hydrogens is 677 g/mol. The Hall–Kier alpha value is -5.38. The molecule has 0 saturated carbocycles. The lowest BCUT2D eigenvalue weighted by molar-refractivity contribution is 0.0503. The smallest absolute Gasteiger partial charge is 0.260 e. The zero-order chi connectivity index (χ0) is 37.6. The van der Waals surface area contributed by atoms with E-state index in [0.29, 0.717) is 36.4 Å². The number of methoxy groups -OCH3 is 1. The number of carbonyl (C=O) groups excluding carboxylic acids is 2. The second kappa shape index (κ2) is 16.7. The van der Waals surface area contributed by atoms with Crippen molar-refractivity contribution in [1.82, 2.24) is 14.4 Å². The molecular formula is C45H50N4O5. The van der Waals surface area contributed by atoms with Crippen LogP contribution in [0.15, 0.2) is 97.1 Å². The number of anilines is 1. The van der Waals surface area contributed by atoms with Crippen LogP contribution in [-0.2, 0) is 37.2 Å². The van der Waals surface area contributed by atoms with E-state index in [1.54, 1.807) is 36.3 Å². The number of phenols is 1. The molecule has 1 N–H and O–H groups in total. The summed E-state index contributed by atoms with van der Waals surface area (Å²) in [6, 6.07) is 30.8. The van der Waals surface area contributed by atoms with Crippen LogP contribution in [-0.4, -0.2) is 78.3 Å². The molecule has 0 radical (unpaired) electrons. The van der Waals surface area contributed by atoms with Gasteiger partial charge in [-0.2, -0.15) is 0 Å². The molecule has 0 spiro atoms. The van der Waals surface area contributed by atoms with Crippen molar-refractivity contribution in [2.45, 2.75) is 52.2 Å². The standard InChI is InChI=1S/C40H39N3O4.C5H11NO/c1-27-29(12-9-16-38(27)47-2)26-43(31-17-19-32(44)20-18-31)40(46)35-24-37(42-22-8-7-15-36(35)42)33-13-5-6-14-34(33)39(45)41-23-21-28-10-3-4-11-30(28)25-41;1-6-2-4-7-5-3-6/h3-6,9-14,16-20,24,44H,7-8,15,21-23,25-26H2,1-2H3;2-5H2,1H3. The summed E-state index contributed by atoms with van der Waals surface area (Å²) in [6.07, 6.45) is 3.61. The maximum Gasteiger partial charge on any atom is 0.260 e. The monoisotopic (exact) mass is 726 g/mol. The lowest BCUT2D eigenvalue weighted by atomic mass is 9.97. The summed E-state index contributed by atoms with van der Waals surface area (Å²) in [5.41, 5.74) is 9.16. The molecule has 9 heteroatoms. The quantitative estimate of drug-likeness (QED) is 0.187. The number of carbonyl (C=O) groups is 2. The van der Waals surface area contributed by atoms with Crippen LogP contribution in [0.5, 0.6) is 11.5 Å². The van der Waals surface area contributed by atoms with E-state index in [9.17, 15) is 14.7 Å². The van der Waals surface area contributed by atoms with Crippen LogP contribution in [0.2, 0.25) is 0 Å². The number of hydrogen-bond donors (Lipinski definition) is 1. The van der Waals surface area contributed by atoms with Crippen LogP contribution in [0.1, 0.15) is 61.5 Å². The molecule has 0 aliphatic carbocycles. The Morgan fingerprint density at radius 2 is 1.56 bits per heavy atom. The number of benzene rings is 4. The first-order valence-electron chi connectivity index (χ1n) is 19.0. The molecule has 280 valence electrons. The fraction of sp³-hybridized carbons (Fsp3) is 0.333. The Bertz CT molecular complexity index is 2100. The molecule has 1 fully saturated rings. The van der Waals surface area contributed by atoms with Gasteiger partial charge in [-0.3, -0.25) is 9.59 Å². The second-order valence-corrected chi connectivity index (χ2v) is 14.4. The highest BCUT2D eigenvalue weighted by Crippen LogP contribution is 2.36. The van der Waals surface area contributed by atoms with Gasteiger partial charge in [-0.05, 0) is 104 Å². The highest BCUT2D eigenvalue weighted by molar-refractivity contribution is 6.08. The summed E-state index contributed by atoms with van der Waals surface area (Å²) in [4.78, 5) is 34.9. The summed E-state index contributed by atoms with van der Waals surface area (Å²) in [7, 11) is 3.76. The van der Waals surface area contributed by atoms with Gasteiger partial charge >= 0.3 is 0 Å². The van der Waals surface area contributed by atoms with E-state index in [0.717, 1.165) is 92.4 Å². The number of hydrogen-bond acceptors (Lipinski definition) is 6. The highest BCUT2D eigenvalue weighted by atomic mass is 16.5. The van der Waals surface area contributed by atoms with Gasteiger partial charge in [0.2, 0.25) is 0 Å². The van der Waals surface area contributed by atoms with Crippen molar-refractivity contribution in [3.8, 4) is 22.8 Å². The number of ether oxygens (including phenoxy) is 2. The minimum absolute atomic E-state index is 0.00792. The first-order valence-corrected chi connectivity index (χ1v) is 19.0. The SMILES string of the molecule is CN1CCOCC1.COc1cccc(CN(C(=O)c2cc(-c3ccccc3C(=O)N3CCc4ccccc4C3)n3c2CCCC3)c2ccc(O)cc2)c1C. The summed E-state index contributed by atoms with van der Waals surface area (Å²) in [5, 5.41) is 10.0. The predicted molar refractivity (Wildman–Crippen MR) is 212 cm³/mol. The minimum atomic E-state index is -0.119. The van der Waals surface area contributed by atoms with E-state index in [4.69, 9.17) is 9.47 Å². The van der Waals surface area contributed by atoms with Crippen LogP contribution in [0, 0.1) is 6.92 Å². The number of amides is 2. The molecule has 5 aromatic rings. The fourth-order valence-corrected chi connectivity index (χ4v) is 7.75. The lowest BCUT2D eigenvalue weighted by Gasteiger charge is -2.29. The third kappa shape index (κ3) is 7.93. The first kappa shape index (κ1) is 37.0. The van der Waals surface area contributed by atoms with Crippen molar-refractivity contribution < 1.29 is 24.2 Å². The van der Waals surface area contributed by atoms with Crippen LogP contribution < -0.4 is 9.64 Å².